The molecule has 0 spiro atoms. The summed E-state index contributed by atoms with van der Waals surface area (Å²) in [5, 5.41) is 0. The first-order valence-corrected chi connectivity index (χ1v) is 15.8. The standard InChI is InChI=1S/C34H40Br2O6/c1-24-18-32(40-22-27-8-14-30(38-3)15-9-27)31(16-17-37-2)42-34(23-39-20-25-4-10-28(35)11-5-25)33(19-24)41-21-26-6-12-29(36)13-7-26/h4-17,24,31-34H,18-23H2,1-3H3/b17-16+/t24-,31-,32+,33-,34+/m0/s1. The van der Waals surface area contributed by atoms with Crippen molar-refractivity contribution in [3.05, 3.63) is 111 Å². The minimum Gasteiger partial charge on any atom is -0.505 e. The molecule has 0 radical (unpaired) electrons. The molecule has 226 valence electrons. The molecule has 42 heavy (non-hydrogen) atoms. The van der Waals surface area contributed by atoms with E-state index in [1.165, 1.54) is 0 Å². The summed E-state index contributed by atoms with van der Waals surface area (Å²) >= 11 is 7.01. The van der Waals surface area contributed by atoms with Crippen LogP contribution in [-0.2, 0) is 43.5 Å². The Kier molecular flexibility index (Phi) is 13.4. The van der Waals surface area contributed by atoms with Gasteiger partial charge in [0.05, 0.1) is 59.1 Å². The number of hydrogen-bond acceptors (Lipinski definition) is 6. The Hall–Kier alpha value is -2.20. The molecule has 3 aromatic carbocycles. The molecule has 6 nitrogen and oxygen atoms in total. The number of benzene rings is 3. The molecule has 8 heteroatoms. The van der Waals surface area contributed by atoms with Crippen LogP contribution in [0.1, 0.15) is 36.5 Å². The molecule has 0 unspecified atom stereocenters. The third-order valence-electron chi connectivity index (χ3n) is 7.25. The van der Waals surface area contributed by atoms with Crippen LogP contribution in [0, 0.1) is 5.92 Å². The van der Waals surface area contributed by atoms with Gasteiger partial charge in [0, 0.05) is 8.95 Å². The lowest BCUT2D eigenvalue weighted by atomic mass is 9.90. The van der Waals surface area contributed by atoms with Crippen LogP contribution in [0.5, 0.6) is 5.75 Å². The van der Waals surface area contributed by atoms with E-state index in [0.717, 1.165) is 44.2 Å². The maximum absolute atomic E-state index is 6.78. The van der Waals surface area contributed by atoms with E-state index >= 15 is 0 Å². The van der Waals surface area contributed by atoms with Gasteiger partial charge in [0.25, 0.3) is 0 Å². The predicted molar refractivity (Wildman–Crippen MR) is 171 cm³/mol. The third kappa shape index (κ3) is 10.5. The van der Waals surface area contributed by atoms with Gasteiger partial charge >= 0.3 is 0 Å². The van der Waals surface area contributed by atoms with E-state index in [-0.39, 0.29) is 24.4 Å². The maximum Gasteiger partial charge on any atom is 0.118 e. The predicted octanol–water partition coefficient (Wildman–Crippen LogP) is 8.25. The third-order valence-corrected chi connectivity index (χ3v) is 8.31. The van der Waals surface area contributed by atoms with Crippen LogP contribution >= 0.6 is 31.9 Å². The van der Waals surface area contributed by atoms with Gasteiger partial charge in [-0.2, -0.15) is 0 Å². The second-order valence-electron chi connectivity index (χ2n) is 10.6. The molecule has 0 bridgehead atoms. The molecule has 1 saturated heterocycles. The number of methoxy groups -OCH3 is 2. The molecule has 1 aliphatic rings. The Labute approximate surface area is 266 Å². The Morgan fingerprint density at radius 1 is 0.738 bits per heavy atom. The zero-order chi connectivity index (χ0) is 29.7. The van der Waals surface area contributed by atoms with E-state index in [0.29, 0.717) is 32.3 Å². The highest BCUT2D eigenvalue weighted by atomic mass is 79.9. The van der Waals surface area contributed by atoms with Crippen LogP contribution in [0.2, 0.25) is 0 Å². The van der Waals surface area contributed by atoms with Gasteiger partial charge in [-0.05, 0) is 77.9 Å². The van der Waals surface area contributed by atoms with Gasteiger partial charge < -0.3 is 28.4 Å². The Morgan fingerprint density at radius 2 is 1.26 bits per heavy atom. The van der Waals surface area contributed by atoms with Crippen molar-refractivity contribution in [3.8, 4) is 5.75 Å². The summed E-state index contributed by atoms with van der Waals surface area (Å²) in [6, 6.07) is 24.3. The molecule has 0 aromatic heterocycles. The SMILES string of the molecule is CO/C=C/[C@@H]1O[C@H](COCc2ccc(Br)cc2)[C@@H](OCc2ccc(Br)cc2)C[C@@H](C)C[C@H]1OCc1ccc(OC)cc1. The van der Waals surface area contributed by atoms with Crippen LogP contribution in [0.25, 0.3) is 0 Å². The molecule has 0 saturated carbocycles. The van der Waals surface area contributed by atoms with Crippen molar-refractivity contribution in [1.29, 1.82) is 0 Å². The van der Waals surface area contributed by atoms with Gasteiger partial charge in [0.2, 0.25) is 0 Å². The van der Waals surface area contributed by atoms with Gasteiger partial charge in [-0.3, -0.25) is 0 Å². The number of halogens is 2. The van der Waals surface area contributed by atoms with Crippen LogP contribution in [0.3, 0.4) is 0 Å². The van der Waals surface area contributed by atoms with E-state index < -0.39 is 0 Å². The molecule has 5 atom stereocenters. The van der Waals surface area contributed by atoms with Crippen LogP contribution in [-0.4, -0.2) is 45.2 Å². The lowest BCUT2D eigenvalue weighted by Crippen LogP contribution is -2.46. The van der Waals surface area contributed by atoms with Gasteiger partial charge in [-0.15, -0.1) is 0 Å². The fraction of sp³-hybridized carbons (Fsp3) is 0.412. The Balaban J connectivity index is 1.50. The largest absolute Gasteiger partial charge is 0.505 e. The summed E-state index contributed by atoms with van der Waals surface area (Å²) in [6.45, 7) is 4.08. The molecular formula is C34H40Br2O6. The van der Waals surface area contributed by atoms with Crippen molar-refractivity contribution < 1.29 is 28.4 Å². The lowest BCUT2D eigenvalue weighted by molar-refractivity contribution is -0.173. The summed E-state index contributed by atoms with van der Waals surface area (Å²) in [5.41, 5.74) is 3.28. The minimum absolute atomic E-state index is 0.158. The molecule has 0 amide bonds. The van der Waals surface area contributed by atoms with Crippen LogP contribution < -0.4 is 4.74 Å². The van der Waals surface area contributed by atoms with Crippen LogP contribution in [0.15, 0.2) is 94.1 Å². The summed E-state index contributed by atoms with van der Waals surface area (Å²) in [7, 11) is 3.30. The van der Waals surface area contributed by atoms with Gasteiger partial charge in [0.15, 0.2) is 0 Å². The zero-order valence-electron chi connectivity index (χ0n) is 24.4. The summed E-state index contributed by atoms with van der Waals surface area (Å²) in [6.07, 6.45) is 4.26. The van der Waals surface area contributed by atoms with E-state index in [4.69, 9.17) is 28.4 Å². The maximum atomic E-state index is 6.78. The molecular weight excluding hydrogens is 664 g/mol. The van der Waals surface area contributed by atoms with E-state index in [1.807, 2.05) is 54.6 Å². The summed E-state index contributed by atoms with van der Waals surface area (Å²) in [4.78, 5) is 0. The molecule has 3 aromatic rings. The van der Waals surface area contributed by atoms with E-state index in [2.05, 4.69) is 63.0 Å². The molecule has 1 fully saturated rings. The van der Waals surface area contributed by atoms with E-state index in [9.17, 15) is 0 Å². The highest BCUT2D eigenvalue weighted by Gasteiger charge is 2.35. The molecule has 4 rings (SSSR count). The fourth-order valence-corrected chi connectivity index (χ4v) is 5.47. The van der Waals surface area contributed by atoms with Crippen molar-refractivity contribution in [2.45, 2.75) is 64.0 Å². The fourth-order valence-electron chi connectivity index (χ4n) is 4.95. The minimum atomic E-state index is -0.342. The molecule has 0 aliphatic carbocycles. The second-order valence-corrected chi connectivity index (χ2v) is 12.4. The normalized spacial score (nSPS) is 22.9. The lowest BCUT2D eigenvalue weighted by Gasteiger charge is -2.38. The zero-order valence-corrected chi connectivity index (χ0v) is 27.6. The number of ether oxygens (including phenoxy) is 6. The number of rotatable bonds is 13. The average molecular weight is 704 g/mol. The molecule has 1 aliphatic heterocycles. The summed E-state index contributed by atoms with van der Waals surface area (Å²) in [5.74, 6) is 1.15. The van der Waals surface area contributed by atoms with Gasteiger partial charge in [-0.1, -0.05) is 75.2 Å². The monoisotopic (exact) mass is 702 g/mol. The Morgan fingerprint density at radius 3 is 1.83 bits per heavy atom. The van der Waals surface area contributed by atoms with E-state index in [1.54, 1.807) is 20.5 Å². The van der Waals surface area contributed by atoms with Crippen LogP contribution in [0.4, 0.5) is 0 Å². The van der Waals surface area contributed by atoms with Crippen molar-refractivity contribution in [2.24, 2.45) is 5.92 Å². The highest BCUT2D eigenvalue weighted by molar-refractivity contribution is 9.10. The average Bonchev–Trinajstić information content (AvgIpc) is 3.00. The van der Waals surface area contributed by atoms with Crippen molar-refractivity contribution >= 4 is 31.9 Å². The highest BCUT2D eigenvalue weighted by Crippen LogP contribution is 2.30. The quantitative estimate of drug-likeness (QED) is 0.167. The first-order valence-electron chi connectivity index (χ1n) is 14.2. The Bertz CT molecular complexity index is 1220. The van der Waals surface area contributed by atoms with Gasteiger partial charge in [0.1, 0.15) is 18.0 Å². The first-order chi connectivity index (χ1) is 20.4. The topological polar surface area (TPSA) is 55.4 Å². The van der Waals surface area contributed by atoms with Crippen molar-refractivity contribution in [1.82, 2.24) is 0 Å². The second kappa shape index (κ2) is 17.2. The van der Waals surface area contributed by atoms with Crippen molar-refractivity contribution in [2.75, 3.05) is 20.8 Å². The van der Waals surface area contributed by atoms with Gasteiger partial charge in [-0.25, -0.2) is 0 Å². The first kappa shape index (κ1) is 32.7. The number of hydrogen-bond donors (Lipinski definition) is 0. The van der Waals surface area contributed by atoms with Crippen molar-refractivity contribution in [3.63, 3.8) is 0 Å². The molecule has 0 N–H and O–H groups in total. The molecule has 1 heterocycles. The summed E-state index contributed by atoms with van der Waals surface area (Å²) < 4.78 is 38.8. The smallest absolute Gasteiger partial charge is 0.118 e.